The first-order valence-electron chi connectivity index (χ1n) is 24.1. The van der Waals surface area contributed by atoms with Gasteiger partial charge in [-0.15, -0.1) is 0 Å². The number of aromatic nitrogens is 4. The van der Waals surface area contributed by atoms with E-state index in [0.29, 0.717) is 42.5 Å². The minimum atomic E-state index is -1.02. The van der Waals surface area contributed by atoms with Crippen molar-refractivity contribution in [2.24, 2.45) is 0 Å². The van der Waals surface area contributed by atoms with Gasteiger partial charge in [0.2, 0.25) is 5.91 Å². The summed E-state index contributed by atoms with van der Waals surface area (Å²) in [5.74, 6) is -0.156. The average Bonchev–Trinajstić information content (AvgIpc) is 3.88. The number of likely N-dealkylation sites (tertiary alicyclic amines) is 1. The molecule has 1 atom stereocenters. The van der Waals surface area contributed by atoms with Crippen LogP contribution in [0.4, 0.5) is 11.5 Å². The van der Waals surface area contributed by atoms with Gasteiger partial charge in [0.25, 0.3) is 11.8 Å². The molecule has 1 fully saturated rings. The zero-order valence-electron chi connectivity index (χ0n) is 41.1. The average molecular weight is 935 g/mol. The molecule has 3 amide bonds. The van der Waals surface area contributed by atoms with Gasteiger partial charge in [0.1, 0.15) is 41.7 Å². The van der Waals surface area contributed by atoms with Gasteiger partial charge in [-0.2, -0.15) is 5.10 Å². The molecule has 2 aliphatic rings. The van der Waals surface area contributed by atoms with Gasteiger partial charge in [0.15, 0.2) is 11.4 Å². The number of hydrogen-bond donors (Lipinski definition) is 2. The lowest BCUT2D eigenvalue weighted by Crippen LogP contribution is -2.45. The molecule has 5 aromatic rings. The molecule has 7 rings (SSSR count). The molecule has 0 saturated carbocycles. The molecule has 1 unspecified atom stereocenters. The minimum Gasteiger partial charge on any atom is -0.457 e. The molecule has 2 aliphatic heterocycles. The van der Waals surface area contributed by atoms with Gasteiger partial charge in [-0.05, 0) is 87.2 Å². The first-order valence-corrected chi connectivity index (χ1v) is 24.1. The number of ketones is 2. The summed E-state index contributed by atoms with van der Waals surface area (Å²) in [7, 11) is 0. The number of nitrogen functional groups attached to an aromatic ring is 1. The highest BCUT2D eigenvalue weighted by atomic mass is 16.5. The standard InChI is InChI=1S/C46H52N8O8.3C2H6/c1-3-4-10-39(56)38(18-11-30(2)55)53-45(58)36-17-14-32(27-37(36)46(53)59)50-40(57)28-61-26-25-60-24-23-52-21-19-33(20-22-52)54-44-41(43(47)48-29-49-44)42(51-54)31-12-15-35(16-13-31)62-34-8-6-5-7-9-34;3*1-2/h5-9,12-17,27,29,33,38H,3-4,10-11,18-26,28H2,1-2H3,(H,50,57)(H2,47,48,49);3*1-2H3. The van der Waals surface area contributed by atoms with Gasteiger partial charge in [-0.1, -0.05) is 73.1 Å². The van der Waals surface area contributed by atoms with Crippen LogP contribution in [0, 0.1) is 0 Å². The predicted molar refractivity (Wildman–Crippen MR) is 266 cm³/mol. The Morgan fingerprint density at radius 3 is 2.15 bits per heavy atom. The molecule has 2 aromatic heterocycles. The van der Waals surface area contributed by atoms with Gasteiger partial charge >= 0.3 is 0 Å². The second kappa shape index (κ2) is 28.1. The molecular weight excluding hydrogens is 865 g/mol. The first kappa shape index (κ1) is 54.2. The van der Waals surface area contributed by atoms with Gasteiger partial charge < -0.3 is 35.0 Å². The van der Waals surface area contributed by atoms with Crippen molar-refractivity contribution in [1.29, 1.82) is 0 Å². The molecule has 3 aromatic carbocycles. The third-order valence-electron chi connectivity index (χ3n) is 11.1. The van der Waals surface area contributed by atoms with Crippen LogP contribution < -0.4 is 15.8 Å². The Hall–Kier alpha value is -6.36. The predicted octanol–water partition coefficient (Wildman–Crippen LogP) is 9.35. The molecule has 4 heterocycles. The normalized spacial score (nSPS) is 13.9. The van der Waals surface area contributed by atoms with E-state index < -0.39 is 23.8 Å². The van der Waals surface area contributed by atoms with Crippen molar-refractivity contribution in [2.75, 3.05) is 57.1 Å². The SMILES string of the molecule is CC.CC.CC.CCCCC(=O)C(CCC(C)=O)N1C(=O)c2ccc(NC(=O)COCCOCCN3CCC(n4nc(-c5ccc(Oc6ccccc6)cc5)c5c(N)ncnc54)CC3)cc2C1=O. The van der Waals surface area contributed by atoms with Crippen LogP contribution in [0.1, 0.15) is 127 Å². The van der Waals surface area contributed by atoms with E-state index in [1.54, 1.807) is 0 Å². The van der Waals surface area contributed by atoms with Gasteiger partial charge in [0, 0.05) is 43.7 Å². The van der Waals surface area contributed by atoms with E-state index >= 15 is 0 Å². The summed E-state index contributed by atoms with van der Waals surface area (Å²) < 4.78 is 19.3. The molecule has 1 saturated heterocycles. The number of nitrogens with zero attached hydrogens (tertiary/aromatic N) is 6. The number of Topliss-reactive ketones (excluding diaryl/α,β-unsaturated/α-hetero) is 2. The second-order valence-electron chi connectivity index (χ2n) is 15.5. The highest BCUT2D eigenvalue weighted by Gasteiger charge is 2.42. The van der Waals surface area contributed by atoms with Crippen molar-refractivity contribution in [2.45, 2.75) is 112 Å². The fourth-order valence-corrected chi connectivity index (χ4v) is 7.83. The lowest BCUT2D eigenvalue weighted by molar-refractivity contribution is -0.124. The largest absolute Gasteiger partial charge is 0.457 e. The van der Waals surface area contributed by atoms with Crippen LogP contribution in [0.2, 0.25) is 0 Å². The quantitative estimate of drug-likeness (QED) is 0.0521. The smallest absolute Gasteiger partial charge is 0.262 e. The number of amides is 3. The number of hydrogen-bond acceptors (Lipinski definition) is 13. The maximum Gasteiger partial charge on any atom is 0.262 e. The summed E-state index contributed by atoms with van der Waals surface area (Å²) in [5.41, 5.74) is 9.28. The third-order valence-corrected chi connectivity index (χ3v) is 11.1. The Morgan fingerprint density at radius 2 is 1.47 bits per heavy atom. The van der Waals surface area contributed by atoms with Crippen LogP contribution in [-0.4, -0.2) is 111 Å². The van der Waals surface area contributed by atoms with E-state index in [-0.39, 0.29) is 61.2 Å². The molecule has 16 nitrogen and oxygen atoms in total. The van der Waals surface area contributed by atoms with E-state index in [4.69, 9.17) is 25.0 Å². The number of benzene rings is 3. The number of carbonyl (C=O) groups excluding carboxylic acids is 5. The van der Waals surface area contributed by atoms with E-state index in [9.17, 15) is 24.0 Å². The topological polar surface area (TPSA) is 201 Å². The number of fused-ring (bicyclic) bond motifs is 2. The molecule has 366 valence electrons. The van der Waals surface area contributed by atoms with Crippen LogP contribution in [0.3, 0.4) is 0 Å². The van der Waals surface area contributed by atoms with E-state index in [1.165, 1.54) is 31.5 Å². The van der Waals surface area contributed by atoms with E-state index in [0.717, 1.165) is 66.2 Å². The molecule has 3 N–H and O–H groups in total. The molecule has 0 aliphatic carbocycles. The van der Waals surface area contributed by atoms with Crippen LogP contribution in [0.15, 0.2) is 79.1 Å². The lowest BCUT2D eigenvalue weighted by atomic mass is 9.99. The van der Waals surface area contributed by atoms with Crippen molar-refractivity contribution in [1.82, 2.24) is 29.5 Å². The second-order valence-corrected chi connectivity index (χ2v) is 15.5. The van der Waals surface area contributed by atoms with E-state index in [1.807, 2.05) is 108 Å². The number of nitrogens with two attached hydrogens (primary N) is 1. The van der Waals surface area contributed by atoms with E-state index in [2.05, 4.69) is 20.2 Å². The first-order chi connectivity index (χ1) is 33.1. The number of ether oxygens (including phenoxy) is 3. The third kappa shape index (κ3) is 14.3. The fraction of sp³-hybridized carbons (Fsp3) is 0.462. The van der Waals surface area contributed by atoms with Crippen LogP contribution in [0.5, 0.6) is 11.5 Å². The number of anilines is 2. The Labute approximate surface area is 400 Å². The summed E-state index contributed by atoms with van der Waals surface area (Å²) in [5, 5.41) is 8.47. The Morgan fingerprint density at radius 1 is 0.809 bits per heavy atom. The number of rotatable bonds is 21. The van der Waals surface area contributed by atoms with Crippen molar-refractivity contribution in [3.63, 3.8) is 0 Å². The van der Waals surface area contributed by atoms with Crippen molar-refractivity contribution in [3.8, 4) is 22.8 Å². The number of nitrogens with one attached hydrogen (secondary N) is 1. The summed E-state index contributed by atoms with van der Waals surface area (Å²) in [6.45, 7) is 18.6. The van der Waals surface area contributed by atoms with Crippen molar-refractivity contribution < 1.29 is 38.2 Å². The molecular formula is C52H70N8O8. The summed E-state index contributed by atoms with van der Waals surface area (Å²) in [6.07, 6.45) is 4.98. The van der Waals surface area contributed by atoms with Crippen molar-refractivity contribution in [3.05, 3.63) is 90.3 Å². The van der Waals surface area contributed by atoms with Crippen molar-refractivity contribution >= 4 is 51.8 Å². The minimum absolute atomic E-state index is 0.0756. The number of unbranched alkanes of at least 4 members (excludes halogenated alkanes) is 1. The number of piperidine rings is 1. The maximum atomic E-state index is 13.4. The lowest BCUT2D eigenvalue weighted by Gasteiger charge is -2.32. The van der Waals surface area contributed by atoms with Gasteiger partial charge in [-0.3, -0.25) is 24.1 Å². The summed E-state index contributed by atoms with van der Waals surface area (Å²) in [4.78, 5) is 76.3. The number of para-hydroxylation sites is 1. The summed E-state index contributed by atoms with van der Waals surface area (Å²) >= 11 is 0. The zero-order chi connectivity index (χ0) is 49.6. The Bertz CT molecular complexity index is 2400. The Balaban J connectivity index is 0.00000162. The molecule has 0 bridgehead atoms. The van der Waals surface area contributed by atoms with Gasteiger partial charge in [0.05, 0.1) is 48.4 Å². The highest BCUT2D eigenvalue weighted by Crippen LogP contribution is 2.35. The van der Waals surface area contributed by atoms with Gasteiger partial charge in [-0.25, -0.2) is 14.6 Å². The molecule has 16 heteroatoms. The fourth-order valence-electron chi connectivity index (χ4n) is 7.83. The van der Waals surface area contributed by atoms with Crippen LogP contribution >= 0.6 is 0 Å². The van der Waals surface area contributed by atoms with Crippen LogP contribution in [0.25, 0.3) is 22.3 Å². The zero-order valence-corrected chi connectivity index (χ0v) is 41.1. The molecule has 68 heavy (non-hydrogen) atoms. The highest BCUT2D eigenvalue weighted by molar-refractivity contribution is 6.23. The summed E-state index contributed by atoms with van der Waals surface area (Å²) in [6, 6.07) is 20.9. The number of carbonyl (C=O) groups is 5. The molecule has 0 spiro atoms. The molecule has 0 radical (unpaired) electrons. The Kier molecular flexibility index (Phi) is 22.4. The van der Waals surface area contributed by atoms with Crippen LogP contribution in [-0.2, 0) is 23.9 Å². The maximum absolute atomic E-state index is 13.4. The number of imide groups is 1. The monoisotopic (exact) mass is 935 g/mol.